The highest BCUT2D eigenvalue weighted by molar-refractivity contribution is 14.0. The molecule has 0 aliphatic rings. The number of rotatable bonds is 5. The van der Waals surface area contributed by atoms with Crippen molar-refractivity contribution in [1.29, 1.82) is 0 Å². The van der Waals surface area contributed by atoms with E-state index in [0.29, 0.717) is 28.0 Å². The number of nitrogens with zero attached hydrogens (tertiary/aromatic N) is 1. The first kappa shape index (κ1) is 43.9. The number of nitrogens with one attached hydrogen (secondary N) is 4. The van der Waals surface area contributed by atoms with E-state index in [1.54, 1.807) is 0 Å². The van der Waals surface area contributed by atoms with Crippen LogP contribution in [0.3, 0.4) is 0 Å². The minimum atomic E-state index is -0.666. The van der Waals surface area contributed by atoms with Crippen LogP contribution in [-0.4, -0.2) is 31.4 Å². The van der Waals surface area contributed by atoms with Gasteiger partial charge in [0.05, 0.1) is 5.71 Å². The van der Waals surface area contributed by atoms with Crippen molar-refractivity contribution in [2.24, 2.45) is 4.99 Å². The summed E-state index contributed by atoms with van der Waals surface area (Å²) in [6, 6.07) is 21.5. The molecule has 52 heavy (non-hydrogen) atoms. The van der Waals surface area contributed by atoms with Crippen molar-refractivity contribution in [3.05, 3.63) is 197 Å². The van der Waals surface area contributed by atoms with E-state index in [9.17, 15) is 41.5 Å². The molecule has 0 amide bonds. The number of H-pyrrole nitrogens is 4. The Morgan fingerprint density at radius 3 is 1.17 bits per heavy atom. The number of anilines is 1. The lowest BCUT2D eigenvalue weighted by Crippen LogP contribution is -2.23. The predicted molar refractivity (Wildman–Crippen MR) is 203 cm³/mol. The Morgan fingerprint density at radius 1 is 0.519 bits per heavy atom. The van der Waals surface area contributed by atoms with Crippen LogP contribution in [0.4, 0.5) is 28.9 Å². The average molecular weight is 833 g/mol. The van der Waals surface area contributed by atoms with Crippen molar-refractivity contribution >= 4 is 46.8 Å². The normalized spacial score (nSPS) is 9.54. The number of halogens is 5. The third kappa shape index (κ3) is 12.6. The van der Waals surface area contributed by atoms with Gasteiger partial charge < -0.3 is 15.7 Å². The highest BCUT2D eigenvalue weighted by atomic mass is 127. The quantitative estimate of drug-likeness (QED) is 0.0592. The summed E-state index contributed by atoms with van der Waals surface area (Å²) in [5.41, 5.74) is 4.81. The van der Waals surface area contributed by atoms with Gasteiger partial charge in [0, 0.05) is 34.6 Å². The second kappa shape index (κ2) is 20.5. The summed E-state index contributed by atoms with van der Waals surface area (Å²) in [5, 5.41) is 0. The Balaban J connectivity index is 0.000000419. The molecule has 4 aromatic carbocycles. The lowest BCUT2D eigenvalue weighted by molar-refractivity contribution is 0.103. The van der Waals surface area contributed by atoms with Gasteiger partial charge in [0.1, 0.15) is 34.6 Å². The molecule has 0 saturated heterocycles. The molecule has 0 bridgehead atoms. The maximum Gasteiger partial charge on any atom is 0.325 e. The average Bonchev–Trinajstić information content (AvgIpc) is 3.08. The van der Waals surface area contributed by atoms with Gasteiger partial charge >= 0.3 is 11.4 Å². The van der Waals surface area contributed by atoms with E-state index < -0.39 is 45.8 Å². The number of benzene rings is 4. The van der Waals surface area contributed by atoms with Crippen LogP contribution in [-0.2, 0) is 0 Å². The minimum Gasteiger partial charge on any atom is -0.393 e. The Morgan fingerprint density at radius 2 is 0.846 bits per heavy atom. The molecule has 0 fully saturated rings. The number of hydrogen-bond acceptors (Lipinski definition) is 7. The summed E-state index contributed by atoms with van der Waals surface area (Å²) in [6.07, 6.45) is 2.33. The molecule has 11 nitrogen and oxygen atoms in total. The van der Waals surface area contributed by atoms with E-state index >= 15 is 0 Å². The lowest BCUT2D eigenvalue weighted by Gasteiger charge is -2.07. The zero-order valence-electron chi connectivity index (χ0n) is 25.4. The van der Waals surface area contributed by atoms with Crippen LogP contribution in [0.15, 0.2) is 134 Å². The maximum atomic E-state index is 13.2. The molecule has 0 aliphatic heterocycles. The van der Waals surface area contributed by atoms with Crippen LogP contribution >= 0.6 is 24.0 Å². The minimum absolute atomic E-state index is 0. The van der Waals surface area contributed by atoms with Crippen molar-refractivity contribution in [3.63, 3.8) is 0 Å². The molecule has 2 aromatic heterocycles. The molecule has 0 saturated carbocycles. The first-order chi connectivity index (χ1) is 23.4. The molecule has 16 heteroatoms. The second-order valence-electron chi connectivity index (χ2n) is 9.80. The fourth-order valence-electron chi connectivity index (χ4n) is 3.91. The Kier molecular flexibility index (Phi) is 17.3. The lowest BCUT2D eigenvalue weighted by atomic mass is 10.0. The largest absolute Gasteiger partial charge is 0.393 e. The summed E-state index contributed by atoms with van der Waals surface area (Å²) in [5.74, 6) is -1.87. The molecule has 0 radical (unpaired) electrons. The highest BCUT2D eigenvalue weighted by Crippen LogP contribution is 2.16. The van der Waals surface area contributed by atoms with Gasteiger partial charge in [-0.15, -0.1) is 24.0 Å². The van der Waals surface area contributed by atoms with Gasteiger partial charge in [0.15, 0.2) is 5.78 Å². The van der Waals surface area contributed by atoms with Crippen LogP contribution in [0.2, 0.25) is 0 Å². The third-order valence-electron chi connectivity index (χ3n) is 6.33. The Bertz CT molecular complexity index is 2230. The van der Waals surface area contributed by atoms with Crippen molar-refractivity contribution < 1.29 is 22.4 Å². The van der Waals surface area contributed by atoms with Crippen LogP contribution < -0.4 is 28.2 Å². The SMILES string of the molecule is C.C.I.Nc1c[nH]c(=O)[nH]c1=O.O=C(c1ccc(F)cc1)c1ccc(F)cc1.O=c1[nH]cc(N=C(c2ccc(F)cc2)c2ccc(F)cc2)c(=O)[nH]1. The van der Waals surface area contributed by atoms with Gasteiger partial charge in [-0.3, -0.25) is 24.4 Å². The molecule has 2 heterocycles. The van der Waals surface area contributed by atoms with Gasteiger partial charge in [-0.05, 0) is 97.1 Å². The predicted octanol–water partition coefficient (Wildman–Crippen LogP) is 6.24. The van der Waals surface area contributed by atoms with E-state index in [-0.39, 0.29) is 56.0 Å². The van der Waals surface area contributed by atoms with E-state index in [4.69, 9.17) is 5.73 Å². The fourth-order valence-corrected chi connectivity index (χ4v) is 3.91. The summed E-state index contributed by atoms with van der Waals surface area (Å²) in [4.78, 5) is 68.3. The Labute approximate surface area is 310 Å². The molecule has 0 aliphatic carbocycles. The second-order valence-corrected chi connectivity index (χ2v) is 9.80. The number of carbonyl (C=O) groups is 1. The molecular formula is C36H33F4IN6O5. The van der Waals surface area contributed by atoms with Gasteiger partial charge in [-0.1, -0.05) is 14.9 Å². The number of ketones is 1. The molecular weight excluding hydrogens is 799 g/mol. The van der Waals surface area contributed by atoms with Gasteiger partial charge in [0.25, 0.3) is 11.1 Å². The van der Waals surface area contributed by atoms with Crippen LogP contribution in [0.25, 0.3) is 0 Å². The maximum absolute atomic E-state index is 13.2. The summed E-state index contributed by atoms with van der Waals surface area (Å²) < 4.78 is 51.6. The van der Waals surface area contributed by atoms with Crippen molar-refractivity contribution in [2.45, 2.75) is 14.9 Å². The third-order valence-corrected chi connectivity index (χ3v) is 6.33. The summed E-state index contributed by atoms with van der Waals surface area (Å²) in [6.45, 7) is 0. The Hall–Kier alpha value is -6.17. The summed E-state index contributed by atoms with van der Waals surface area (Å²) in [7, 11) is 0. The fraction of sp³-hybridized carbons (Fsp3) is 0.0556. The van der Waals surface area contributed by atoms with E-state index in [2.05, 4.69) is 19.9 Å². The highest BCUT2D eigenvalue weighted by Gasteiger charge is 2.11. The van der Waals surface area contributed by atoms with Gasteiger partial charge in [0.2, 0.25) is 0 Å². The first-order valence-corrected chi connectivity index (χ1v) is 14.0. The number of aromatic amines is 4. The number of hydrogen-bond donors (Lipinski definition) is 5. The van der Waals surface area contributed by atoms with E-state index in [0.717, 1.165) is 6.20 Å². The molecule has 0 unspecified atom stereocenters. The first-order valence-electron chi connectivity index (χ1n) is 14.0. The number of aliphatic imine (C=N–C) groups is 1. The zero-order valence-corrected chi connectivity index (χ0v) is 27.7. The zero-order chi connectivity index (χ0) is 35.5. The summed E-state index contributed by atoms with van der Waals surface area (Å²) >= 11 is 0. The molecule has 6 rings (SSSR count). The van der Waals surface area contributed by atoms with E-state index in [1.807, 2.05) is 4.98 Å². The smallest absolute Gasteiger partial charge is 0.325 e. The molecule has 6 N–H and O–H groups in total. The monoisotopic (exact) mass is 832 g/mol. The number of nitrogens with two attached hydrogens (primary N) is 1. The van der Waals surface area contributed by atoms with E-state index in [1.165, 1.54) is 103 Å². The molecule has 272 valence electrons. The van der Waals surface area contributed by atoms with Gasteiger partial charge in [-0.25, -0.2) is 32.1 Å². The molecule has 6 aromatic rings. The number of carbonyl (C=O) groups excluding carboxylic acids is 1. The number of nitrogen functional groups attached to an aromatic ring is 1. The topological polar surface area (TPSA) is 187 Å². The molecule has 0 atom stereocenters. The van der Waals surface area contributed by atoms with Crippen LogP contribution in [0, 0.1) is 23.3 Å². The van der Waals surface area contributed by atoms with Crippen LogP contribution in [0.5, 0.6) is 0 Å². The van der Waals surface area contributed by atoms with Crippen LogP contribution in [0.1, 0.15) is 41.9 Å². The van der Waals surface area contributed by atoms with Crippen molar-refractivity contribution in [1.82, 2.24) is 19.9 Å². The van der Waals surface area contributed by atoms with Gasteiger partial charge in [-0.2, -0.15) is 0 Å². The number of aromatic nitrogens is 4. The molecule has 0 spiro atoms. The van der Waals surface area contributed by atoms with Crippen molar-refractivity contribution in [2.75, 3.05) is 5.73 Å². The standard InChI is InChI=1S/C17H11F2N3O2.C13H8F2O.C4H5N3O2.2CH4.HI/c18-12-5-1-10(2-6-12)15(11-3-7-13(19)8-4-11)21-14-9-20-17(24)22-16(14)23;14-11-5-1-9(2-6-11)13(16)10-3-7-12(15)8-4-10;5-2-1-6-4(9)7-3(2)8;;;/h1-9H,(H2,20,22,23,24);1-8H;1H,5H2,(H2,6,7,8,9);2*1H4;1H. The van der Waals surface area contributed by atoms with Crippen molar-refractivity contribution in [3.8, 4) is 0 Å².